The first kappa shape index (κ1) is 13.1. The fourth-order valence-corrected chi connectivity index (χ4v) is 2.32. The molecule has 1 aliphatic heterocycles. The summed E-state index contributed by atoms with van der Waals surface area (Å²) >= 11 is 0. The molecular weight excluding hydrogens is 230 g/mol. The fraction of sp³-hybridized carbons (Fsp3) is 0.692. The SMILES string of the molecule is C=CCNC(=O)C1CC1C(=O)N1CCN(C)CC1. The highest BCUT2D eigenvalue weighted by atomic mass is 16.2. The van der Waals surface area contributed by atoms with Crippen molar-refractivity contribution in [3.8, 4) is 0 Å². The van der Waals surface area contributed by atoms with Crippen molar-refractivity contribution < 1.29 is 9.59 Å². The Morgan fingerprint density at radius 2 is 1.94 bits per heavy atom. The maximum Gasteiger partial charge on any atom is 0.226 e. The van der Waals surface area contributed by atoms with E-state index in [2.05, 4.69) is 23.8 Å². The van der Waals surface area contributed by atoms with E-state index in [9.17, 15) is 9.59 Å². The van der Waals surface area contributed by atoms with E-state index in [0.717, 1.165) is 26.2 Å². The molecule has 1 heterocycles. The lowest BCUT2D eigenvalue weighted by Gasteiger charge is -2.32. The third-order valence-electron chi connectivity index (χ3n) is 3.68. The van der Waals surface area contributed by atoms with E-state index in [1.54, 1.807) is 6.08 Å². The third kappa shape index (κ3) is 2.90. The van der Waals surface area contributed by atoms with Gasteiger partial charge < -0.3 is 15.1 Å². The van der Waals surface area contributed by atoms with Crippen LogP contribution < -0.4 is 5.32 Å². The number of hydrogen-bond donors (Lipinski definition) is 1. The van der Waals surface area contributed by atoms with Gasteiger partial charge in [-0.1, -0.05) is 6.08 Å². The molecule has 5 heteroatoms. The number of carbonyl (C=O) groups excluding carboxylic acids is 2. The summed E-state index contributed by atoms with van der Waals surface area (Å²) in [5.41, 5.74) is 0. The molecule has 0 aromatic heterocycles. The van der Waals surface area contributed by atoms with Crippen LogP contribution in [0.4, 0.5) is 0 Å². The molecule has 2 atom stereocenters. The Morgan fingerprint density at radius 3 is 2.56 bits per heavy atom. The maximum absolute atomic E-state index is 12.2. The summed E-state index contributed by atoms with van der Waals surface area (Å²) in [7, 11) is 2.06. The first-order valence-corrected chi connectivity index (χ1v) is 6.49. The number of piperazine rings is 1. The lowest BCUT2D eigenvalue weighted by molar-refractivity contribution is -0.136. The Morgan fingerprint density at radius 1 is 1.28 bits per heavy atom. The highest BCUT2D eigenvalue weighted by molar-refractivity contribution is 5.92. The minimum absolute atomic E-state index is 0.0117. The summed E-state index contributed by atoms with van der Waals surface area (Å²) < 4.78 is 0. The Bertz CT molecular complexity index is 348. The predicted molar refractivity (Wildman–Crippen MR) is 68.9 cm³/mol. The molecule has 1 saturated carbocycles. The van der Waals surface area contributed by atoms with Crippen LogP contribution in [0.15, 0.2) is 12.7 Å². The van der Waals surface area contributed by atoms with Crippen molar-refractivity contribution in [3.05, 3.63) is 12.7 Å². The second kappa shape index (κ2) is 5.52. The minimum Gasteiger partial charge on any atom is -0.352 e. The first-order chi connectivity index (χ1) is 8.63. The van der Waals surface area contributed by atoms with Crippen molar-refractivity contribution >= 4 is 11.8 Å². The van der Waals surface area contributed by atoms with Gasteiger partial charge in [0.2, 0.25) is 11.8 Å². The van der Waals surface area contributed by atoms with E-state index in [-0.39, 0.29) is 23.7 Å². The molecular formula is C13H21N3O2. The topological polar surface area (TPSA) is 52.7 Å². The number of likely N-dealkylation sites (N-methyl/N-ethyl adjacent to an activating group) is 1. The van der Waals surface area contributed by atoms with Crippen LogP contribution in [0.1, 0.15) is 6.42 Å². The summed E-state index contributed by atoms with van der Waals surface area (Å²) in [5.74, 6) is -0.0560. The quantitative estimate of drug-likeness (QED) is 0.698. The Labute approximate surface area is 108 Å². The van der Waals surface area contributed by atoms with E-state index in [0.29, 0.717) is 13.0 Å². The molecule has 2 unspecified atom stereocenters. The van der Waals surface area contributed by atoms with Gasteiger partial charge >= 0.3 is 0 Å². The number of nitrogens with one attached hydrogen (secondary N) is 1. The van der Waals surface area contributed by atoms with Crippen LogP contribution in [0.2, 0.25) is 0 Å². The van der Waals surface area contributed by atoms with Gasteiger partial charge in [0.15, 0.2) is 0 Å². The molecule has 0 spiro atoms. The summed E-state index contributed by atoms with van der Waals surface area (Å²) in [6, 6.07) is 0. The van der Waals surface area contributed by atoms with Crippen molar-refractivity contribution in [2.24, 2.45) is 11.8 Å². The van der Waals surface area contributed by atoms with Crippen LogP contribution in [0, 0.1) is 11.8 Å². The molecule has 0 bridgehead atoms. The highest BCUT2D eigenvalue weighted by Gasteiger charge is 2.49. The number of amides is 2. The molecule has 2 amide bonds. The average Bonchev–Trinajstić information content (AvgIpc) is 3.16. The number of hydrogen-bond acceptors (Lipinski definition) is 3. The van der Waals surface area contributed by atoms with E-state index >= 15 is 0 Å². The molecule has 0 aromatic carbocycles. The van der Waals surface area contributed by atoms with Crippen LogP contribution in [-0.4, -0.2) is 61.4 Å². The third-order valence-corrected chi connectivity index (χ3v) is 3.68. The average molecular weight is 251 g/mol. The van der Waals surface area contributed by atoms with E-state index < -0.39 is 0 Å². The summed E-state index contributed by atoms with van der Waals surface area (Å²) in [6.07, 6.45) is 2.35. The molecule has 1 N–H and O–H groups in total. The van der Waals surface area contributed by atoms with Gasteiger partial charge in [0, 0.05) is 32.7 Å². The van der Waals surface area contributed by atoms with Gasteiger partial charge in [-0.2, -0.15) is 0 Å². The summed E-state index contributed by atoms with van der Waals surface area (Å²) in [4.78, 5) is 27.9. The van der Waals surface area contributed by atoms with Gasteiger partial charge in [-0.25, -0.2) is 0 Å². The van der Waals surface area contributed by atoms with Crippen molar-refractivity contribution in [2.45, 2.75) is 6.42 Å². The van der Waals surface area contributed by atoms with Crippen LogP contribution in [0.5, 0.6) is 0 Å². The zero-order chi connectivity index (χ0) is 13.1. The standard InChI is InChI=1S/C13H21N3O2/c1-3-4-14-12(17)10-9-11(10)13(18)16-7-5-15(2)6-8-16/h3,10-11H,1,4-9H2,2H3,(H,14,17). The molecule has 5 nitrogen and oxygen atoms in total. The predicted octanol–water partition coefficient (Wildman–Crippen LogP) is -0.301. The Hall–Kier alpha value is -1.36. The minimum atomic E-state index is -0.114. The van der Waals surface area contributed by atoms with Crippen molar-refractivity contribution in [2.75, 3.05) is 39.8 Å². The number of carbonyl (C=O) groups is 2. The van der Waals surface area contributed by atoms with Crippen LogP contribution in [0.25, 0.3) is 0 Å². The second-order valence-corrected chi connectivity index (χ2v) is 5.11. The number of nitrogens with zero attached hydrogens (tertiary/aromatic N) is 2. The molecule has 0 radical (unpaired) electrons. The highest BCUT2D eigenvalue weighted by Crippen LogP contribution is 2.40. The fourth-order valence-electron chi connectivity index (χ4n) is 2.32. The molecule has 2 rings (SSSR count). The zero-order valence-corrected chi connectivity index (χ0v) is 10.9. The molecule has 0 aromatic rings. The summed E-state index contributed by atoms with van der Waals surface area (Å²) in [5, 5.41) is 2.75. The largest absolute Gasteiger partial charge is 0.352 e. The van der Waals surface area contributed by atoms with Gasteiger partial charge in [-0.15, -0.1) is 6.58 Å². The van der Waals surface area contributed by atoms with Crippen LogP contribution >= 0.6 is 0 Å². The van der Waals surface area contributed by atoms with Gasteiger partial charge in [-0.05, 0) is 13.5 Å². The van der Waals surface area contributed by atoms with E-state index in [1.807, 2.05) is 4.90 Å². The smallest absolute Gasteiger partial charge is 0.226 e. The maximum atomic E-state index is 12.2. The molecule has 18 heavy (non-hydrogen) atoms. The molecule has 2 fully saturated rings. The first-order valence-electron chi connectivity index (χ1n) is 6.49. The normalized spacial score (nSPS) is 27.7. The van der Waals surface area contributed by atoms with Gasteiger partial charge in [0.05, 0.1) is 11.8 Å². The molecule has 100 valence electrons. The monoisotopic (exact) mass is 251 g/mol. The Kier molecular flexibility index (Phi) is 4.01. The molecule has 2 aliphatic rings. The van der Waals surface area contributed by atoms with Gasteiger partial charge in [-0.3, -0.25) is 9.59 Å². The van der Waals surface area contributed by atoms with Crippen molar-refractivity contribution in [1.29, 1.82) is 0 Å². The Balaban J connectivity index is 1.78. The summed E-state index contributed by atoms with van der Waals surface area (Å²) in [6.45, 7) is 7.44. The zero-order valence-electron chi connectivity index (χ0n) is 10.9. The van der Waals surface area contributed by atoms with Crippen molar-refractivity contribution in [3.63, 3.8) is 0 Å². The van der Waals surface area contributed by atoms with E-state index in [1.165, 1.54) is 0 Å². The lowest BCUT2D eigenvalue weighted by atomic mass is 10.2. The lowest BCUT2D eigenvalue weighted by Crippen LogP contribution is -2.48. The van der Waals surface area contributed by atoms with Gasteiger partial charge in [0.1, 0.15) is 0 Å². The van der Waals surface area contributed by atoms with Gasteiger partial charge in [0.25, 0.3) is 0 Å². The van der Waals surface area contributed by atoms with Crippen molar-refractivity contribution in [1.82, 2.24) is 15.1 Å². The second-order valence-electron chi connectivity index (χ2n) is 5.11. The molecule has 1 aliphatic carbocycles. The van der Waals surface area contributed by atoms with Crippen LogP contribution in [0.3, 0.4) is 0 Å². The van der Waals surface area contributed by atoms with Crippen LogP contribution in [-0.2, 0) is 9.59 Å². The molecule has 1 saturated heterocycles. The number of rotatable bonds is 4. The van der Waals surface area contributed by atoms with E-state index in [4.69, 9.17) is 0 Å².